The van der Waals surface area contributed by atoms with Crippen molar-refractivity contribution in [1.29, 1.82) is 0 Å². The summed E-state index contributed by atoms with van der Waals surface area (Å²) in [4.78, 5) is 14.3. The van der Waals surface area contributed by atoms with Crippen LogP contribution in [0.1, 0.15) is 57.7 Å². The van der Waals surface area contributed by atoms with Crippen molar-refractivity contribution in [2.24, 2.45) is 0 Å². The highest BCUT2D eigenvalue weighted by atomic mass is 16.6. The predicted molar refractivity (Wildman–Crippen MR) is 132 cm³/mol. The fourth-order valence-electron chi connectivity index (χ4n) is 4.79. The molecule has 3 aromatic rings. The van der Waals surface area contributed by atoms with E-state index in [1.807, 2.05) is 43.8 Å². The van der Waals surface area contributed by atoms with Gasteiger partial charge in [-0.25, -0.2) is 9.48 Å². The van der Waals surface area contributed by atoms with Gasteiger partial charge in [-0.05, 0) is 81.0 Å². The van der Waals surface area contributed by atoms with E-state index >= 15 is 0 Å². The van der Waals surface area contributed by atoms with Gasteiger partial charge in [-0.1, -0.05) is 12.1 Å². The summed E-state index contributed by atoms with van der Waals surface area (Å²) in [6.45, 7) is 6.78. The molecular formula is C27H33N3O5. The Morgan fingerprint density at radius 1 is 1.14 bits per heavy atom. The molecule has 2 aliphatic heterocycles. The van der Waals surface area contributed by atoms with Crippen LogP contribution in [0, 0.1) is 0 Å². The minimum absolute atomic E-state index is 0.0305. The molecule has 1 unspecified atom stereocenters. The zero-order valence-electron chi connectivity index (χ0n) is 20.7. The van der Waals surface area contributed by atoms with E-state index in [-0.39, 0.29) is 17.9 Å². The highest BCUT2D eigenvalue weighted by Crippen LogP contribution is 2.41. The number of benzene rings is 2. The van der Waals surface area contributed by atoms with Gasteiger partial charge in [0, 0.05) is 19.0 Å². The summed E-state index contributed by atoms with van der Waals surface area (Å²) in [5.74, 6) is 0.194. The summed E-state index contributed by atoms with van der Waals surface area (Å²) in [6, 6.07) is 11.5. The van der Waals surface area contributed by atoms with Gasteiger partial charge in [0.2, 0.25) is 0 Å². The zero-order chi connectivity index (χ0) is 24.7. The van der Waals surface area contributed by atoms with E-state index in [2.05, 4.69) is 12.1 Å². The molecule has 0 aliphatic carbocycles. The van der Waals surface area contributed by atoms with Gasteiger partial charge in [0.15, 0.2) is 6.23 Å². The second kappa shape index (κ2) is 9.17. The quantitative estimate of drug-likeness (QED) is 0.538. The molecule has 2 fully saturated rings. The van der Waals surface area contributed by atoms with Gasteiger partial charge < -0.3 is 19.3 Å². The van der Waals surface area contributed by atoms with Crippen molar-refractivity contribution in [2.45, 2.75) is 64.0 Å². The van der Waals surface area contributed by atoms with E-state index in [0.717, 1.165) is 53.5 Å². The van der Waals surface area contributed by atoms with Crippen molar-refractivity contribution in [1.82, 2.24) is 14.7 Å². The first kappa shape index (κ1) is 23.6. The molecule has 1 N–H and O–H groups in total. The maximum atomic E-state index is 12.7. The van der Waals surface area contributed by atoms with Crippen LogP contribution >= 0.6 is 0 Å². The molecule has 2 aliphatic rings. The highest BCUT2D eigenvalue weighted by molar-refractivity contribution is 5.88. The minimum Gasteiger partial charge on any atom is -0.508 e. The smallest absolute Gasteiger partial charge is 0.412 e. The molecule has 3 heterocycles. The summed E-state index contributed by atoms with van der Waals surface area (Å²) in [7, 11) is 1.71. The van der Waals surface area contributed by atoms with E-state index in [4.69, 9.17) is 19.3 Å². The first-order valence-corrected chi connectivity index (χ1v) is 12.2. The fraction of sp³-hybridized carbons (Fsp3) is 0.481. The number of nitrogens with zero attached hydrogens (tertiary/aromatic N) is 3. The highest BCUT2D eigenvalue weighted by Gasteiger charge is 2.41. The van der Waals surface area contributed by atoms with Crippen molar-refractivity contribution in [3.05, 3.63) is 48.2 Å². The number of ether oxygens (including phenoxy) is 3. The van der Waals surface area contributed by atoms with Crippen LogP contribution in [0.3, 0.4) is 0 Å². The monoisotopic (exact) mass is 479 g/mol. The normalized spacial score (nSPS) is 22.6. The number of rotatable bonds is 4. The number of carbonyl (C=O) groups is 1. The summed E-state index contributed by atoms with van der Waals surface area (Å²) in [5, 5.41) is 15.5. The van der Waals surface area contributed by atoms with E-state index in [9.17, 15) is 9.90 Å². The molecule has 8 nitrogen and oxygen atoms in total. The number of amides is 1. The molecule has 35 heavy (non-hydrogen) atoms. The molecule has 8 heteroatoms. The lowest BCUT2D eigenvalue weighted by molar-refractivity contribution is -0.151. The predicted octanol–water partition coefficient (Wildman–Crippen LogP) is 5.41. The Labute approximate surface area is 205 Å². The molecule has 186 valence electrons. The third kappa shape index (κ3) is 4.73. The summed E-state index contributed by atoms with van der Waals surface area (Å²) in [6.07, 6.45) is 4.05. The van der Waals surface area contributed by atoms with Gasteiger partial charge in [-0.15, -0.1) is 0 Å². The molecule has 0 saturated carbocycles. The lowest BCUT2D eigenvalue weighted by Crippen LogP contribution is -2.52. The third-order valence-electron chi connectivity index (χ3n) is 6.63. The van der Waals surface area contributed by atoms with Crippen LogP contribution in [-0.2, 0) is 14.2 Å². The fourth-order valence-corrected chi connectivity index (χ4v) is 4.79. The van der Waals surface area contributed by atoms with Crippen molar-refractivity contribution in [3.63, 3.8) is 0 Å². The minimum atomic E-state index is -0.586. The number of carbonyl (C=O) groups excluding carboxylic acids is 1. The molecule has 1 amide bonds. The number of likely N-dealkylation sites (N-methyl/N-ethyl adjacent to an activating group) is 1. The van der Waals surface area contributed by atoms with E-state index in [1.54, 1.807) is 19.2 Å². The molecule has 0 radical (unpaired) electrons. The number of phenolic OH excluding ortho intramolecular Hbond substituents is 1. The Balaban J connectivity index is 1.55. The Kier molecular flexibility index (Phi) is 6.19. The number of phenols is 1. The number of hydrogen-bond donors (Lipinski definition) is 1. The zero-order valence-corrected chi connectivity index (χ0v) is 20.7. The van der Waals surface area contributed by atoms with Crippen molar-refractivity contribution in [2.75, 3.05) is 20.3 Å². The van der Waals surface area contributed by atoms with Crippen LogP contribution in [-0.4, -0.2) is 58.0 Å². The number of aromatic hydroxyl groups is 1. The number of aromatic nitrogens is 2. The summed E-state index contributed by atoms with van der Waals surface area (Å²) in [5.41, 5.74) is 3.47. The summed E-state index contributed by atoms with van der Waals surface area (Å²) >= 11 is 0. The Bertz CT molecular complexity index is 1210. The Morgan fingerprint density at radius 3 is 2.54 bits per heavy atom. The molecule has 5 rings (SSSR count). The first-order valence-electron chi connectivity index (χ1n) is 12.2. The van der Waals surface area contributed by atoms with Crippen LogP contribution in [0.4, 0.5) is 4.79 Å². The van der Waals surface area contributed by atoms with Gasteiger partial charge in [0.25, 0.3) is 0 Å². The van der Waals surface area contributed by atoms with Crippen molar-refractivity contribution < 1.29 is 24.1 Å². The molecular weight excluding hydrogens is 446 g/mol. The van der Waals surface area contributed by atoms with Gasteiger partial charge in [-0.2, -0.15) is 5.10 Å². The summed E-state index contributed by atoms with van der Waals surface area (Å²) < 4.78 is 19.5. The van der Waals surface area contributed by atoms with Gasteiger partial charge >= 0.3 is 6.09 Å². The largest absolute Gasteiger partial charge is 0.508 e. The average molecular weight is 480 g/mol. The van der Waals surface area contributed by atoms with Crippen LogP contribution < -0.4 is 0 Å². The molecule has 2 saturated heterocycles. The average Bonchev–Trinajstić information content (AvgIpc) is 3.22. The van der Waals surface area contributed by atoms with E-state index in [0.29, 0.717) is 6.61 Å². The number of fused-ring (bicyclic) bond motifs is 1. The molecule has 0 spiro atoms. The second-order valence-corrected chi connectivity index (χ2v) is 10.4. The maximum Gasteiger partial charge on any atom is 0.412 e. The second-order valence-electron chi connectivity index (χ2n) is 10.4. The Morgan fingerprint density at radius 2 is 1.91 bits per heavy atom. The van der Waals surface area contributed by atoms with Crippen molar-refractivity contribution >= 4 is 17.0 Å². The third-order valence-corrected chi connectivity index (χ3v) is 6.63. The number of hydrogen-bond acceptors (Lipinski definition) is 6. The van der Waals surface area contributed by atoms with Crippen LogP contribution in [0.2, 0.25) is 0 Å². The van der Waals surface area contributed by atoms with Crippen LogP contribution in [0.5, 0.6) is 5.75 Å². The molecule has 1 aromatic heterocycles. The lowest BCUT2D eigenvalue weighted by atomic mass is 9.88. The van der Waals surface area contributed by atoms with Crippen LogP contribution in [0.15, 0.2) is 42.6 Å². The van der Waals surface area contributed by atoms with Gasteiger partial charge in [0.05, 0.1) is 24.2 Å². The van der Waals surface area contributed by atoms with Gasteiger partial charge in [0.1, 0.15) is 17.6 Å². The topological polar surface area (TPSA) is 86.0 Å². The van der Waals surface area contributed by atoms with Gasteiger partial charge in [-0.3, -0.25) is 4.90 Å². The Hall–Kier alpha value is -3.10. The van der Waals surface area contributed by atoms with E-state index < -0.39 is 17.9 Å². The van der Waals surface area contributed by atoms with E-state index in [1.165, 1.54) is 4.90 Å². The molecule has 0 bridgehead atoms. The standard InChI is InChI=1S/C27H33N3O5/c1-27(2,3)35-26(32)29(4)25-22(16-34-25)20-13-18(17-8-10-19(31)11-9-17)14-23-21(20)15-28-30(23)24-7-5-6-12-33-24/h8-11,13-15,22,24-25,31H,5-7,12,16H2,1-4H3/t22-,24?,25-/m1/s1. The molecule has 2 aromatic carbocycles. The lowest BCUT2D eigenvalue weighted by Gasteiger charge is -2.43. The SMILES string of the molecule is CN(C(=O)OC(C)(C)C)[C@@H]1OC[C@@H]1c1cc(-c2ccc(O)cc2)cc2c1cnn2C1CCCCO1. The van der Waals surface area contributed by atoms with Crippen molar-refractivity contribution in [3.8, 4) is 16.9 Å². The van der Waals surface area contributed by atoms with Crippen LogP contribution in [0.25, 0.3) is 22.0 Å². The maximum absolute atomic E-state index is 12.7. The molecule has 3 atom stereocenters. The first-order chi connectivity index (χ1) is 16.7.